The Hall–Kier alpha value is -6.33. The Kier molecular flexibility index (Phi) is 6.06. The van der Waals surface area contributed by atoms with E-state index < -0.39 is 0 Å². The summed E-state index contributed by atoms with van der Waals surface area (Å²) in [5, 5.41) is 5.42. The molecule has 0 amide bonds. The van der Waals surface area contributed by atoms with Crippen LogP contribution in [0.1, 0.15) is 0 Å². The minimum atomic E-state index is 0.634. The fraction of sp³-hybridized carbons (Fsp3) is 0. The zero-order chi connectivity index (χ0) is 30.5. The van der Waals surface area contributed by atoms with Crippen molar-refractivity contribution in [2.75, 3.05) is 0 Å². The summed E-state index contributed by atoms with van der Waals surface area (Å²) in [6, 6.07) is 49.8. The first kappa shape index (κ1) is 26.1. The second-order valence-corrected chi connectivity index (χ2v) is 11.3. The van der Waals surface area contributed by atoms with Gasteiger partial charge in [0.25, 0.3) is 0 Å². The van der Waals surface area contributed by atoms with Gasteiger partial charge in [-0.05, 0) is 34.5 Å². The Balaban J connectivity index is 1.33. The van der Waals surface area contributed by atoms with Crippen molar-refractivity contribution in [2.24, 2.45) is 0 Å². The Morgan fingerprint density at radius 3 is 1.65 bits per heavy atom. The Labute approximate surface area is 264 Å². The number of nitrogens with zero attached hydrogens (tertiary/aromatic N) is 5. The van der Waals surface area contributed by atoms with Crippen molar-refractivity contribution >= 4 is 43.5 Å². The van der Waals surface area contributed by atoms with Gasteiger partial charge in [-0.2, -0.15) is 0 Å². The van der Waals surface area contributed by atoms with Crippen molar-refractivity contribution in [1.82, 2.24) is 24.9 Å². The molecule has 5 heteroatoms. The van der Waals surface area contributed by atoms with Crippen LogP contribution >= 0.6 is 0 Å². The Bertz CT molecular complexity index is 2520. The SMILES string of the molecule is c1ccc(-c2nc(-c3ccccc3)nc(-c3ccc(-c4c5ccccc5nc5c4ccc4cccnc45)c4ccccc34)n2)cc1. The zero-order valence-corrected chi connectivity index (χ0v) is 24.7. The molecule has 9 aromatic rings. The van der Waals surface area contributed by atoms with Crippen molar-refractivity contribution in [3.63, 3.8) is 0 Å². The highest BCUT2D eigenvalue weighted by molar-refractivity contribution is 6.19. The molecular weight excluding hydrogens is 562 g/mol. The van der Waals surface area contributed by atoms with Gasteiger partial charge in [-0.25, -0.2) is 19.9 Å². The normalized spacial score (nSPS) is 11.5. The van der Waals surface area contributed by atoms with Gasteiger partial charge in [0.1, 0.15) is 0 Å². The van der Waals surface area contributed by atoms with E-state index in [1.54, 1.807) is 0 Å². The predicted octanol–water partition coefficient (Wildman–Crippen LogP) is 9.94. The van der Waals surface area contributed by atoms with E-state index in [0.717, 1.165) is 71.3 Å². The van der Waals surface area contributed by atoms with Gasteiger partial charge in [-0.3, -0.25) is 4.98 Å². The fourth-order valence-electron chi connectivity index (χ4n) is 6.42. The van der Waals surface area contributed by atoms with Crippen LogP contribution < -0.4 is 0 Å². The maximum atomic E-state index is 5.12. The van der Waals surface area contributed by atoms with Gasteiger partial charge < -0.3 is 0 Å². The molecule has 3 heterocycles. The van der Waals surface area contributed by atoms with Gasteiger partial charge >= 0.3 is 0 Å². The van der Waals surface area contributed by atoms with Gasteiger partial charge in [0.15, 0.2) is 17.5 Å². The van der Waals surface area contributed by atoms with Crippen molar-refractivity contribution < 1.29 is 0 Å². The summed E-state index contributed by atoms with van der Waals surface area (Å²) in [6.07, 6.45) is 1.84. The Morgan fingerprint density at radius 1 is 0.348 bits per heavy atom. The topological polar surface area (TPSA) is 64.5 Å². The lowest BCUT2D eigenvalue weighted by Gasteiger charge is -2.16. The molecule has 0 spiro atoms. The monoisotopic (exact) mass is 587 g/mol. The highest BCUT2D eigenvalue weighted by Crippen LogP contribution is 2.42. The lowest BCUT2D eigenvalue weighted by atomic mass is 9.90. The molecule has 5 nitrogen and oxygen atoms in total. The lowest BCUT2D eigenvalue weighted by Crippen LogP contribution is -2.00. The smallest absolute Gasteiger partial charge is 0.164 e. The van der Waals surface area contributed by atoms with Crippen LogP contribution in [0.3, 0.4) is 0 Å². The number of hydrogen-bond donors (Lipinski definition) is 0. The van der Waals surface area contributed by atoms with Crippen LogP contribution in [-0.2, 0) is 0 Å². The van der Waals surface area contributed by atoms with Crippen LogP contribution in [0.4, 0.5) is 0 Å². The summed E-state index contributed by atoms with van der Waals surface area (Å²) in [4.78, 5) is 24.9. The maximum Gasteiger partial charge on any atom is 0.164 e. The van der Waals surface area contributed by atoms with Crippen LogP contribution in [0.2, 0.25) is 0 Å². The molecule has 46 heavy (non-hydrogen) atoms. The molecule has 0 aliphatic carbocycles. The van der Waals surface area contributed by atoms with Gasteiger partial charge in [0.2, 0.25) is 0 Å². The number of para-hydroxylation sites is 1. The van der Waals surface area contributed by atoms with E-state index in [4.69, 9.17) is 24.9 Å². The summed E-state index contributed by atoms with van der Waals surface area (Å²) in [5.74, 6) is 1.92. The van der Waals surface area contributed by atoms with Gasteiger partial charge in [0, 0.05) is 44.6 Å². The molecule has 6 aromatic carbocycles. The molecule has 0 radical (unpaired) electrons. The van der Waals surface area contributed by atoms with Crippen LogP contribution in [0.25, 0.3) is 88.8 Å². The quantitative estimate of drug-likeness (QED) is 0.151. The minimum Gasteiger partial charge on any atom is -0.254 e. The van der Waals surface area contributed by atoms with E-state index in [1.165, 1.54) is 0 Å². The molecule has 0 saturated heterocycles. The van der Waals surface area contributed by atoms with Gasteiger partial charge in [-0.15, -0.1) is 0 Å². The second-order valence-electron chi connectivity index (χ2n) is 11.3. The first-order valence-corrected chi connectivity index (χ1v) is 15.3. The third-order valence-electron chi connectivity index (χ3n) is 8.56. The fourth-order valence-corrected chi connectivity index (χ4v) is 6.42. The van der Waals surface area contributed by atoms with E-state index in [9.17, 15) is 0 Å². The van der Waals surface area contributed by atoms with E-state index in [1.807, 2.05) is 79.0 Å². The average Bonchev–Trinajstić information content (AvgIpc) is 3.14. The van der Waals surface area contributed by atoms with Crippen molar-refractivity contribution in [3.8, 4) is 45.3 Å². The molecule has 0 fully saturated rings. The first-order valence-electron chi connectivity index (χ1n) is 15.3. The number of hydrogen-bond acceptors (Lipinski definition) is 5. The van der Waals surface area contributed by atoms with Crippen molar-refractivity contribution in [3.05, 3.63) is 152 Å². The number of pyridine rings is 2. The standard InChI is InChI=1S/C41H25N5/c1-3-12-27(13-4-1)39-44-40(28-14-5-2-6-15-28)46-41(45-39)32-24-23-31(29-17-7-8-18-30(29)32)36-33-19-9-10-20-35(33)43-38-34(36)22-21-26-16-11-25-42-37(26)38/h1-25H. The van der Waals surface area contributed by atoms with Crippen LogP contribution in [0, 0.1) is 0 Å². The predicted molar refractivity (Wildman–Crippen MR) is 187 cm³/mol. The lowest BCUT2D eigenvalue weighted by molar-refractivity contribution is 1.08. The minimum absolute atomic E-state index is 0.634. The van der Waals surface area contributed by atoms with E-state index >= 15 is 0 Å². The van der Waals surface area contributed by atoms with Gasteiger partial charge in [0.05, 0.1) is 16.6 Å². The van der Waals surface area contributed by atoms with Crippen molar-refractivity contribution in [1.29, 1.82) is 0 Å². The first-order chi connectivity index (χ1) is 22.8. The second kappa shape index (κ2) is 10.7. The van der Waals surface area contributed by atoms with Crippen LogP contribution in [-0.4, -0.2) is 24.9 Å². The molecular formula is C41H25N5. The highest BCUT2D eigenvalue weighted by Gasteiger charge is 2.19. The highest BCUT2D eigenvalue weighted by atomic mass is 15.0. The molecule has 214 valence electrons. The average molecular weight is 588 g/mol. The molecule has 0 bridgehead atoms. The summed E-state index contributed by atoms with van der Waals surface area (Å²) >= 11 is 0. The summed E-state index contributed by atoms with van der Waals surface area (Å²) in [5.41, 5.74) is 7.84. The summed E-state index contributed by atoms with van der Waals surface area (Å²) in [7, 11) is 0. The number of fused-ring (bicyclic) bond motifs is 5. The zero-order valence-electron chi connectivity index (χ0n) is 24.7. The van der Waals surface area contributed by atoms with Gasteiger partial charge in [-0.1, -0.05) is 127 Å². The maximum absolute atomic E-state index is 5.12. The summed E-state index contributed by atoms with van der Waals surface area (Å²) in [6.45, 7) is 0. The van der Waals surface area contributed by atoms with Crippen LogP contribution in [0.5, 0.6) is 0 Å². The Morgan fingerprint density at radius 2 is 0.935 bits per heavy atom. The van der Waals surface area contributed by atoms with E-state index in [0.29, 0.717) is 17.5 Å². The third kappa shape index (κ3) is 4.29. The molecule has 3 aromatic heterocycles. The molecule has 0 N–H and O–H groups in total. The van der Waals surface area contributed by atoms with E-state index in [2.05, 4.69) is 72.8 Å². The molecule has 0 aliphatic rings. The number of aromatic nitrogens is 5. The molecule has 0 unspecified atom stereocenters. The molecule has 0 saturated carbocycles. The molecule has 0 aliphatic heterocycles. The van der Waals surface area contributed by atoms with Crippen LogP contribution in [0.15, 0.2) is 152 Å². The largest absolute Gasteiger partial charge is 0.254 e. The third-order valence-corrected chi connectivity index (χ3v) is 8.56. The molecule has 0 atom stereocenters. The number of benzene rings is 6. The summed E-state index contributed by atoms with van der Waals surface area (Å²) < 4.78 is 0. The van der Waals surface area contributed by atoms with E-state index in [-0.39, 0.29) is 0 Å². The number of rotatable bonds is 4. The van der Waals surface area contributed by atoms with Crippen molar-refractivity contribution in [2.45, 2.75) is 0 Å². The molecule has 9 rings (SSSR count).